The summed E-state index contributed by atoms with van der Waals surface area (Å²) in [5.74, 6) is 1.91. The summed E-state index contributed by atoms with van der Waals surface area (Å²) in [6.45, 7) is 1.52. The summed E-state index contributed by atoms with van der Waals surface area (Å²) in [4.78, 5) is 11.6. The van der Waals surface area contributed by atoms with E-state index in [9.17, 15) is 4.79 Å². The molecule has 0 unspecified atom stereocenters. The highest BCUT2D eigenvalue weighted by Gasteiger charge is 2.10. The molecule has 2 aromatic carbocycles. The van der Waals surface area contributed by atoms with E-state index in [0.29, 0.717) is 17.1 Å². The van der Waals surface area contributed by atoms with Gasteiger partial charge in [0.2, 0.25) is 0 Å². The Hall–Kier alpha value is -1.81. The first-order chi connectivity index (χ1) is 9.10. The molecule has 0 radical (unpaired) electrons. The fourth-order valence-corrected chi connectivity index (χ4v) is 1.98. The molecule has 0 amide bonds. The number of carbonyl (C=O) groups is 1. The first-order valence-corrected chi connectivity index (χ1v) is 6.52. The molecule has 0 fully saturated rings. The van der Waals surface area contributed by atoms with E-state index in [2.05, 4.69) is 15.9 Å². The maximum atomic E-state index is 11.6. The van der Waals surface area contributed by atoms with Gasteiger partial charge in [0, 0.05) is 4.47 Å². The van der Waals surface area contributed by atoms with Gasteiger partial charge in [-0.3, -0.25) is 4.79 Å². The molecule has 0 aliphatic heterocycles. The number of halogens is 1. The number of ketones is 1. The fourth-order valence-electron chi connectivity index (χ4n) is 1.64. The lowest BCUT2D eigenvalue weighted by molar-refractivity contribution is 0.101. The van der Waals surface area contributed by atoms with Gasteiger partial charge >= 0.3 is 0 Å². The van der Waals surface area contributed by atoms with E-state index in [1.807, 2.05) is 6.07 Å². The average Bonchev–Trinajstić information content (AvgIpc) is 2.39. The molecule has 98 valence electrons. The highest BCUT2D eigenvalue weighted by molar-refractivity contribution is 9.10. The standard InChI is InChI=1S/C15H13BrO3/c1-10(17)14-8-3-11(16)9-15(14)19-13-6-4-12(18-2)5-7-13/h3-9H,1-2H3. The minimum Gasteiger partial charge on any atom is -0.497 e. The summed E-state index contributed by atoms with van der Waals surface area (Å²) < 4.78 is 11.7. The molecule has 0 spiro atoms. The van der Waals surface area contributed by atoms with Crippen LogP contribution in [0.2, 0.25) is 0 Å². The van der Waals surface area contributed by atoms with Crippen molar-refractivity contribution in [1.82, 2.24) is 0 Å². The van der Waals surface area contributed by atoms with E-state index >= 15 is 0 Å². The second kappa shape index (κ2) is 5.89. The Labute approximate surface area is 120 Å². The molecule has 4 heteroatoms. The van der Waals surface area contributed by atoms with Crippen molar-refractivity contribution in [3.8, 4) is 17.2 Å². The SMILES string of the molecule is COc1ccc(Oc2cc(Br)ccc2C(C)=O)cc1. The van der Waals surface area contributed by atoms with Gasteiger partial charge in [0.05, 0.1) is 12.7 Å². The Morgan fingerprint density at radius 2 is 1.68 bits per heavy atom. The van der Waals surface area contributed by atoms with Crippen molar-refractivity contribution >= 4 is 21.7 Å². The van der Waals surface area contributed by atoms with Gasteiger partial charge < -0.3 is 9.47 Å². The van der Waals surface area contributed by atoms with Crippen LogP contribution in [-0.4, -0.2) is 12.9 Å². The Morgan fingerprint density at radius 3 is 2.26 bits per heavy atom. The molecule has 0 aromatic heterocycles. The maximum absolute atomic E-state index is 11.6. The second-order valence-corrected chi connectivity index (χ2v) is 4.89. The lowest BCUT2D eigenvalue weighted by Gasteiger charge is -2.10. The third-order valence-electron chi connectivity index (χ3n) is 2.61. The highest BCUT2D eigenvalue weighted by Crippen LogP contribution is 2.29. The smallest absolute Gasteiger partial charge is 0.163 e. The highest BCUT2D eigenvalue weighted by atomic mass is 79.9. The average molecular weight is 321 g/mol. The van der Waals surface area contributed by atoms with Gasteiger partial charge in [-0.25, -0.2) is 0 Å². The zero-order chi connectivity index (χ0) is 13.8. The van der Waals surface area contributed by atoms with E-state index in [-0.39, 0.29) is 5.78 Å². The molecule has 0 heterocycles. The van der Waals surface area contributed by atoms with E-state index < -0.39 is 0 Å². The van der Waals surface area contributed by atoms with Crippen LogP contribution in [0.1, 0.15) is 17.3 Å². The van der Waals surface area contributed by atoms with E-state index in [0.717, 1.165) is 10.2 Å². The van der Waals surface area contributed by atoms with Crippen LogP contribution >= 0.6 is 15.9 Å². The fraction of sp³-hybridized carbons (Fsp3) is 0.133. The number of rotatable bonds is 4. The van der Waals surface area contributed by atoms with Crippen molar-refractivity contribution in [1.29, 1.82) is 0 Å². The minimum atomic E-state index is -0.0315. The number of benzene rings is 2. The predicted molar refractivity (Wildman–Crippen MR) is 77.2 cm³/mol. The Morgan fingerprint density at radius 1 is 1.05 bits per heavy atom. The first-order valence-electron chi connectivity index (χ1n) is 5.72. The Balaban J connectivity index is 2.31. The third-order valence-corrected chi connectivity index (χ3v) is 3.10. The van der Waals surface area contributed by atoms with E-state index in [1.165, 1.54) is 6.92 Å². The van der Waals surface area contributed by atoms with Crippen molar-refractivity contribution in [2.45, 2.75) is 6.92 Å². The lowest BCUT2D eigenvalue weighted by atomic mass is 10.1. The zero-order valence-corrected chi connectivity index (χ0v) is 12.2. The molecule has 0 N–H and O–H groups in total. The van der Waals surface area contributed by atoms with Crippen LogP contribution in [0.5, 0.6) is 17.2 Å². The third kappa shape index (κ3) is 3.35. The molecule has 0 bridgehead atoms. The molecular formula is C15H13BrO3. The molecule has 0 aliphatic carbocycles. The molecule has 0 saturated carbocycles. The van der Waals surface area contributed by atoms with Crippen molar-refractivity contribution in [2.75, 3.05) is 7.11 Å². The summed E-state index contributed by atoms with van der Waals surface area (Å²) in [5, 5.41) is 0. The largest absolute Gasteiger partial charge is 0.497 e. The summed E-state index contributed by atoms with van der Waals surface area (Å²) in [5.41, 5.74) is 0.555. The monoisotopic (exact) mass is 320 g/mol. The van der Waals surface area contributed by atoms with Crippen LogP contribution in [0.15, 0.2) is 46.9 Å². The van der Waals surface area contributed by atoms with Crippen LogP contribution in [0.3, 0.4) is 0 Å². The van der Waals surface area contributed by atoms with Crippen LogP contribution in [0.4, 0.5) is 0 Å². The maximum Gasteiger partial charge on any atom is 0.163 e. The van der Waals surface area contributed by atoms with E-state index in [4.69, 9.17) is 9.47 Å². The minimum absolute atomic E-state index is 0.0315. The topological polar surface area (TPSA) is 35.5 Å². The van der Waals surface area contributed by atoms with E-state index in [1.54, 1.807) is 43.5 Å². The summed E-state index contributed by atoms with van der Waals surface area (Å²) >= 11 is 3.37. The van der Waals surface area contributed by atoms with Crippen LogP contribution in [0.25, 0.3) is 0 Å². The zero-order valence-electron chi connectivity index (χ0n) is 10.6. The van der Waals surface area contributed by atoms with Crippen molar-refractivity contribution < 1.29 is 14.3 Å². The molecule has 0 aliphatic rings. The molecule has 2 rings (SSSR count). The van der Waals surface area contributed by atoms with Crippen molar-refractivity contribution in [3.63, 3.8) is 0 Å². The summed E-state index contributed by atoms with van der Waals surface area (Å²) in [7, 11) is 1.61. The molecule has 19 heavy (non-hydrogen) atoms. The second-order valence-electron chi connectivity index (χ2n) is 3.97. The van der Waals surface area contributed by atoms with Gasteiger partial charge in [-0.05, 0) is 49.4 Å². The number of ether oxygens (including phenoxy) is 2. The Bertz CT molecular complexity index is 591. The van der Waals surface area contributed by atoms with Gasteiger partial charge in [-0.1, -0.05) is 15.9 Å². The summed E-state index contributed by atoms with van der Waals surface area (Å²) in [6.07, 6.45) is 0. The number of hydrogen-bond donors (Lipinski definition) is 0. The van der Waals surface area contributed by atoms with Crippen LogP contribution in [-0.2, 0) is 0 Å². The predicted octanol–water partition coefficient (Wildman–Crippen LogP) is 4.45. The van der Waals surface area contributed by atoms with Gasteiger partial charge in [0.1, 0.15) is 17.2 Å². The number of hydrogen-bond acceptors (Lipinski definition) is 3. The molecule has 2 aromatic rings. The van der Waals surface area contributed by atoms with Crippen LogP contribution in [0, 0.1) is 0 Å². The van der Waals surface area contributed by atoms with Gasteiger partial charge in [-0.15, -0.1) is 0 Å². The molecular weight excluding hydrogens is 308 g/mol. The molecule has 0 saturated heterocycles. The van der Waals surface area contributed by atoms with Gasteiger partial charge in [0.25, 0.3) is 0 Å². The normalized spacial score (nSPS) is 10.1. The van der Waals surface area contributed by atoms with Crippen molar-refractivity contribution in [3.05, 3.63) is 52.5 Å². The lowest BCUT2D eigenvalue weighted by Crippen LogP contribution is -1.97. The Kier molecular flexibility index (Phi) is 4.22. The number of Topliss-reactive ketones (excluding diaryl/α,β-unsaturated/α-hetero) is 1. The van der Waals surface area contributed by atoms with Gasteiger partial charge in [-0.2, -0.15) is 0 Å². The quantitative estimate of drug-likeness (QED) is 0.780. The molecule has 0 atom stereocenters. The van der Waals surface area contributed by atoms with Crippen LogP contribution < -0.4 is 9.47 Å². The van der Waals surface area contributed by atoms with Crippen molar-refractivity contribution in [2.24, 2.45) is 0 Å². The number of carbonyl (C=O) groups excluding carboxylic acids is 1. The summed E-state index contributed by atoms with van der Waals surface area (Å²) in [6, 6.07) is 12.5. The first kappa shape index (κ1) is 13.6. The molecule has 3 nitrogen and oxygen atoms in total. The van der Waals surface area contributed by atoms with Gasteiger partial charge in [0.15, 0.2) is 5.78 Å². The number of methoxy groups -OCH3 is 1.